The van der Waals surface area contributed by atoms with Crippen LogP contribution in [0.3, 0.4) is 0 Å². The molecule has 20 heavy (non-hydrogen) atoms. The van der Waals surface area contributed by atoms with Crippen LogP contribution >= 0.6 is 11.3 Å². The molecule has 0 saturated heterocycles. The Morgan fingerprint density at radius 1 is 1.25 bits per heavy atom. The molecule has 1 aromatic carbocycles. The van der Waals surface area contributed by atoms with Crippen LogP contribution in [0.4, 0.5) is 0 Å². The van der Waals surface area contributed by atoms with Crippen LogP contribution in [-0.2, 0) is 11.8 Å². The molecule has 1 heterocycles. The Balaban J connectivity index is 2.20. The molecule has 0 aliphatic carbocycles. The highest BCUT2D eigenvalue weighted by Crippen LogP contribution is 2.23. The minimum absolute atomic E-state index is 0.0232. The average molecular weight is 288 g/mol. The van der Waals surface area contributed by atoms with Gasteiger partial charge in [-0.15, -0.1) is 11.3 Å². The molecule has 2 N–H and O–H groups in total. The Hall–Kier alpha value is -1.52. The normalized spacial score (nSPS) is 11.6. The SMILES string of the molecule is CC(C)(C)c1ccc(C(=O)c2csc(CCN)n2)cc1. The lowest BCUT2D eigenvalue weighted by Gasteiger charge is -2.18. The predicted molar refractivity (Wildman–Crippen MR) is 83.4 cm³/mol. The molecule has 0 radical (unpaired) electrons. The van der Waals surface area contributed by atoms with E-state index in [9.17, 15) is 4.79 Å². The fourth-order valence-electron chi connectivity index (χ4n) is 1.92. The Morgan fingerprint density at radius 2 is 1.90 bits per heavy atom. The molecule has 4 heteroatoms. The first-order chi connectivity index (χ1) is 9.41. The lowest BCUT2D eigenvalue weighted by Crippen LogP contribution is -2.11. The van der Waals surface area contributed by atoms with E-state index in [0.29, 0.717) is 17.8 Å². The molecule has 0 amide bonds. The van der Waals surface area contributed by atoms with Gasteiger partial charge in [0.25, 0.3) is 0 Å². The maximum Gasteiger partial charge on any atom is 0.212 e. The highest BCUT2D eigenvalue weighted by molar-refractivity contribution is 7.09. The summed E-state index contributed by atoms with van der Waals surface area (Å²) in [5, 5.41) is 2.73. The second-order valence-electron chi connectivity index (χ2n) is 5.82. The molecule has 0 unspecified atom stereocenters. The highest BCUT2D eigenvalue weighted by atomic mass is 32.1. The first-order valence-corrected chi connectivity index (χ1v) is 7.59. The summed E-state index contributed by atoms with van der Waals surface area (Å²) in [6, 6.07) is 7.79. The van der Waals surface area contributed by atoms with Crippen molar-refractivity contribution < 1.29 is 4.79 Å². The van der Waals surface area contributed by atoms with Crippen LogP contribution in [-0.4, -0.2) is 17.3 Å². The van der Waals surface area contributed by atoms with Gasteiger partial charge in [-0.1, -0.05) is 45.0 Å². The standard InChI is InChI=1S/C16H20N2OS/c1-16(2,3)12-6-4-11(5-7-12)15(19)13-10-20-14(18-13)8-9-17/h4-7,10H,8-9,17H2,1-3H3. The smallest absolute Gasteiger partial charge is 0.212 e. The number of carbonyl (C=O) groups is 1. The number of hydrogen-bond donors (Lipinski definition) is 1. The third-order valence-electron chi connectivity index (χ3n) is 3.16. The zero-order valence-electron chi connectivity index (χ0n) is 12.1. The van der Waals surface area contributed by atoms with Crippen molar-refractivity contribution in [3.05, 3.63) is 51.5 Å². The number of rotatable bonds is 4. The number of ketones is 1. The molecule has 2 aromatic rings. The van der Waals surface area contributed by atoms with E-state index in [-0.39, 0.29) is 11.2 Å². The third kappa shape index (κ3) is 3.32. The Bertz CT molecular complexity index is 594. The molecule has 1 aromatic heterocycles. The predicted octanol–water partition coefficient (Wildman–Crippen LogP) is 3.17. The fourth-order valence-corrected chi connectivity index (χ4v) is 2.72. The molecular formula is C16H20N2OS. The van der Waals surface area contributed by atoms with Gasteiger partial charge in [0, 0.05) is 17.4 Å². The van der Waals surface area contributed by atoms with Gasteiger partial charge >= 0.3 is 0 Å². The number of carbonyl (C=O) groups excluding carboxylic acids is 1. The molecular weight excluding hydrogens is 268 g/mol. The quantitative estimate of drug-likeness (QED) is 0.879. The van der Waals surface area contributed by atoms with E-state index in [4.69, 9.17) is 5.73 Å². The van der Waals surface area contributed by atoms with Gasteiger partial charge in [0.1, 0.15) is 5.69 Å². The van der Waals surface area contributed by atoms with Crippen LogP contribution in [0.2, 0.25) is 0 Å². The van der Waals surface area contributed by atoms with Crippen molar-refractivity contribution in [3.8, 4) is 0 Å². The van der Waals surface area contributed by atoms with Crippen LogP contribution in [0.1, 0.15) is 47.4 Å². The second kappa shape index (κ2) is 5.85. The Morgan fingerprint density at radius 3 is 2.45 bits per heavy atom. The van der Waals surface area contributed by atoms with Gasteiger partial charge in [0.05, 0.1) is 5.01 Å². The summed E-state index contributed by atoms with van der Waals surface area (Å²) in [6.45, 7) is 7.03. The van der Waals surface area contributed by atoms with E-state index < -0.39 is 0 Å². The number of benzene rings is 1. The van der Waals surface area contributed by atoms with Crippen molar-refractivity contribution in [3.63, 3.8) is 0 Å². The van der Waals surface area contributed by atoms with Gasteiger partial charge in [0.15, 0.2) is 0 Å². The minimum atomic E-state index is -0.0232. The van der Waals surface area contributed by atoms with Crippen LogP contribution in [0.25, 0.3) is 0 Å². The van der Waals surface area contributed by atoms with Crippen molar-refractivity contribution >= 4 is 17.1 Å². The highest BCUT2D eigenvalue weighted by Gasteiger charge is 2.16. The molecule has 3 nitrogen and oxygen atoms in total. The number of nitrogens with zero attached hydrogens (tertiary/aromatic N) is 1. The third-order valence-corrected chi connectivity index (χ3v) is 4.06. The van der Waals surface area contributed by atoms with Gasteiger partial charge in [-0.05, 0) is 17.5 Å². The maximum atomic E-state index is 12.3. The maximum absolute atomic E-state index is 12.3. The Kier molecular flexibility index (Phi) is 4.35. The molecule has 0 bridgehead atoms. The van der Waals surface area contributed by atoms with Crippen LogP contribution < -0.4 is 5.73 Å². The van der Waals surface area contributed by atoms with Gasteiger partial charge in [-0.2, -0.15) is 0 Å². The Labute approximate surface area is 123 Å². The van der Waals surface area contributed by atoms with E-state index in [2.05, 4.69) is 25.8 Å². The lowest BCUT2D eigenvalue weighted by atomic mass is 9.86. The topological polar surface area (TPSA) is 56.0 Å². The summed E-state index contributed by atoms with van der Waals surface area (Å²) < 4.78 is 0. The zero-order valence-corrected chi connectivity index (χ0v) is 13.0. The summed E-state index contributed by atoms with van der Waals surface area (Å²) in [7, 11) is 0. The van der Waals surface area contributed by atoms with E-state index in [1.54, 1.807) is 0 Å². The average Bonchev–Trinajstić information content (AvgIpc) is 2.86. The van der Waals surface area contributed by atoms with E-state index in [1.807, 2.05) is 29.6 Å². The van der Waals surface area contributed by atoms with Crippen molar-refractivity contribution in [1.29, 1.82) is 0 Å². The van der Waals surface area contributed by atoms with Crippen molar-refractivity contribution in [2.75, 3.05) is 6.54 Å². The monoisotopic (exact) mass is 288 g/mol. The van der Waals surface area contributed by atoms with E-state index in [1.165, 1.54) is 16.9 Å². The van der Waals surface area contributed by atoms with Crippen molar-refractivity contribution in [1.82, 2.24) is 4.98 Å². The van der Waals surface area contributed by atoms with Gasteiger partial charge in [0.2, 0.25) is 5.78 Å². The molecule has 0 fully saturated rings. The molecule has 0 saturated carbocycles. The first kappa shape index (κ1) is 14.9. The minimum Gasteiger partial charge on any atom is -0.330 e. The largest absolute Gasteiger partial charge is 0.330 e. The van der Waals surface area contributed by atoms with Crippen LogP contribution in [0.5, 0.6) is 0 Å². The number of aromatic nitrogens is 1. The zero-order chi connectivity index (χ0) is 14.8. The van der Waals surface area contributed by atoms with Crippen LogP contribution in [0, 0.1) is 0 Å². The number of hydrogen-bond acceptors (Lipinski definition) is 4. The van der Waals surface area contributed by atoms with Gasteiger partial charge in [-0.25, -0.2) is 4.98 Å². The van der Waals surface area contributed by atoms with Gasteiger partial charge in [-0.3, -0.25) is 4.79 Å². The van der Waals surface area contributed by atoms with Crippen molar-refractivity contribution in [2.24, 2.45) is 5.73 Å². The summed E-state index contributed by atoms with van der Waals surface area (Å²) in [5.74, 6) is -0.0232. The summed E-state index contributed by atoms with van der Waals surface area (Å²) in [4.78, 5) is 16.7. The van der Waals surface area contributed by atoms with Crippen molar-refractivity contribution in [2.45, 2.75) is 32.6 Å². The molecule has 0 aliphatic heterocycles. The number of thiazole rings is 1. The summed E-state index contributed by atoms with van der Waals surface area (Å²) >= 11 is 1.49. The lowest BCUT2D eigenvalue weighted by molar-refractivity contribution is 0.103. The van der Waals surface area contributed by atoms with E-state index >= 15 is 0 Å². The summed E-state index contributed by atoms with van der Waals surface area (Å²) in [5.41, 5.74) is 8.01. The number of nitrogens with two attached hydrogens (primary N) is 1. The molecule has 2 rings (SSSR count). The molecule has 106 valence electrons. The molecule has 0 aliphatic rings. The fraction of sp³-hybridized carbons (Fsp3) is 0.375. The molecule has 0 spiro atoms. The second-order valence-corrected chi connectivity index (χ2v) is 6.76. The van der Waals surface area contributed by atoms with E-state index in [0.717, 1.165) is 11.4 Å². The first-order valence-electron chi connectivity index (χ1n) is 6.71. The summed E-state index contributed by atoms with van der Waals surface area (Å²) in [6.07, 6.45) is 0.723. The molecule has 0 atom stereocenters. The van der Waals surface area contributed by atoms with Gasteiger partial charge < -0.3 is 5.73 Å². The van der Waals surface area contributed by atoms with Crippen LogP contribution in [0.15, 0.2) is 29.6 Å².